The number of benzene rings is 3. The molecule has 0 unspecified atom stereocenters. The summed E-state index contributed by atoms with van der Waals surface area (Å²) in [5, 5.41) is 0. The van der Waals surface area contributed by atoms with Gasteiger partial charge in [0.1, 0.15) is 17.5 Å². The van der Waals surface area contributed by atoms with Gasteiger partial charge in [-0.05, 0) is 107 Å². The van der Waals surface area contributed by atoms with E-state index in [-0.39, 0.29) is 0 Å². The molecule has 3 aliphatic heterocycles. The highest BCUT2D eigenvalue weighted by atomic mass is 15.4. The molecular formula is C58H61N11. The fourth-order valence-electron chi connectivity index (χ4n) is 9.57. The molecule has 0 radical (unpaired) electrons. The summed E-state index contributed by atoms with van der Waals surface area (Å²) in [5.74, 6) is 3.21. The third-order valence-electron chi connectivity index (χ3n) is 15.6. The molecule has 0 atom stereocenters. The van der Waals surface area contributed by atoms with Crippen molar-refractivity contribution in [1.29, 1.82) is 0 Å². The van der Waals surface area contributed by atoms with Gasteiger partial charge in [-0.3, -0.25) is 29.9 Å². The average molecular weight is 912 g/mol. The van der Waals surface area contributed by atoms with Crippen molar-refractivity contribution in [2.45, 2.75) is 116 Å². The molecule has 3 aromatic carbocycles. The van der Waals surface area contributed by atoms with Crippen LogP contribution in [0.4, 0.5) is 17.1 Å². The Bertz CT molecular complexity index is 2830. The average Bonchev–Trinajstić information content (AvgIpc) is 3.76. The van der Waals surface area contributed by atoms with E-state index in [2.05, 4.69) is 189 Å². The van der Waals surface area contributed by atoms with Crippen LogP contribution < -0.4 is 14.7 Å². The molecule has 0 aliphatic carbocycles. The van der Waals surface area contributed by atoms with Gasteiger partial charge in [0.15, 0.2) is 5.82 Å². The first-order valence-electron chi connectivity index (χ1n) is 23.8. The van der Waals surface area contributed by atoms with Crippen LogP contribution in [0, 0.1) is 0 Å². The lowest BCUT2D eigenvalue weighted by molar-refractivity contribution is 0.338. The molecule has 348 valence electrons. The second kappa shape index (κ2) is 16.1. The van der Waals surface area contributed by atoms with Crippen LogP contribution in [0.3, 0.4) is 0 Å². The molecule has 0 N–H and O–H groups in total. The fraction of sp³-hybridized carbons (Fsp3) is 0.310. The Morgan fingerprint density at radius 1 is 0.319 bits per heavy atom. The number of aliphatic imine (C=N–C) groups is 3. The molecule has 3 aliphatic rings. The molecule has 0 bridgehead atoms. The molecule has 11 heteroatoms. The van der Waals surface area contributed by atoms with Crippen LogP contribution in [0.2, 0.25) is 0 Å². The highest BCUT2D eigenvalue weighted by Gasteiger charge is 2.52. The summed E-state index contributed by atoms with van der Waals surface area (Å²) in [6, 6.07) is 39.7. The maximum absolute atomic E-state index is 5.37. The molecule has 7 heterocycles. The zero-order valence-corrected chi connectivity index (χ0v) is 41.9. The van der Waals surface area contributed by atoms with E-state index in [1.165, 1.54) is 0 Å². The molecule has 0 amide bonds. The molecule has 7 aromatic rings. The van der Waals surface area contributed by atoms with Gasteiger partial charge in [-0.2, -0.15) is 0 Å². The van der Waals surface area contributed by atoms with Crippen LogP contribution in [0.5, 0.6) is 0 Å². The zero-order valence-electron chi connectivity index (χ0n) is 41.9. The normalized spacial score (nSPS) is 19.3. The van der Waals surface area contributed by atoms with Crippen molar-refractivity contribution in [3.8, 4) is 33.9 Å². The molecule has 11 nitrogen and oxygen atoms in total. The van der Waals surface area contributed by atoms with Gasteiger partial charge in [-0.15, -0.1) is 0 Å². The van der Waals surface area contributed by atoms with Crippen LogP contribution in [-0.2, 0) is 0 Å². The zero-order chi connectivity index (χ0) is 48.7. The molecule has 0 saturated heterocycles. The van der Waals surface area contributed by atoms with Gasteiger partial charge in [0.05, 0.1) is 80.3 Å². The highest BCUT2D eigenvalue weighted by Crippen LogP contribution is 2.46. The second-order valence-electron chi connectivity index (χ2n) is 21.5. The highest BCUT2D eigenvalue weighted by molar-refractivity contribution is 6.14. The minimum atomic E-state index is -0.401. The summed E-state index contributed by atoms with van der Waals surface area (Å²) in [6.45, 7) is 26.6. The number of anilines is 3. The third-order valence-corrected chi connectivity index (χ3v) is 15.6. The van der Waals surface area contributed by atoms with E-state index in [4.69, 9.17) is 39.9 Å². The Hall–Kier alpha value is -7.40. The Labute approximate surface area is 406 Å². The van der Waals surface area contributed by atoms with Crippen LogP contribution >= 0.6 is 0 Å². The Kier molecular flexibility index (Phi) is 10.6. The van der Waals surface area contributed by atoms with Crippen molar-refractivity contribution in [3.63, 3.8) is 0 Å². The minimum absolute atomic E-state index is 0.391. The third kappa shape index (κ3) is 7.50. The van der Waals surface area contributed by atoms with Gasteiger partial charge in [-0.25, -0.2) is 9.97 Å². The number of hydrogen-bond acceptors (Lipinski definition) is 11. The maximum Gasteiger partial charge on any atom is 0.162 e. The number of nitrogens with zero attached hydrogens (tertiary/aromatic N) is 11. The van der Waals surface area contributed by atoms with Crippen molar-refractivity contribution in [1.82, 2.24) is 24.9 Å². The summed E-state index contributed by atoms with van der Waals surface area (Å²) in [6.07, 6.45) is 11.4. The van der Waals surface area contributed by atoms with Gasteiger partial charge in [-0.1, -0.05) is 91.0 Å². The van der Waals surface area contributed by atoms with E-state index in [1.807, 2.05) is 61.4 Å². The number of rotatable bonds is 9. The van der Waals surface area contributed by atoms with Crippen molar-refractivity contribution in [3.05, 3.63) is 169 Å². The summed E-state index contributed by atoms with van der Waals surface area (Å²) in [4.78, 5) is 48.3. The van der Waals surface area contributed by atoms with E-state index < -0.39 is 33.2 Å². The lowest BCUT2D eigenvalue weighted by Gasteiger charge is -2.41. The smallest absolute Gasteiger partial charge is 0.162 e. The van der Waals surface area contributed by atoms with Crippen molar-refractivity contribution in [2.24, 2.45) is 15.0 Å². The van der Waals surface area contributed by atoms with Gasteiger partial charge in [0.25, 0.3) is 0 Å². The Balaban J connectivity index is 1.13. The van der Waals surface area contributed by atoms with E-state index >= 15 is 0 Å². The molecule has 0 spiro atoms. The monoisotopic (exact) mass is 912 g/mol. The van der Waals surface area contributed by atoms with Crippen LogP contribution in [0.25, 0.3) is 33.9 Å². The van der Waals surface area contributed by atoms with E-state index in [0.29, 0.717) is 17.2 Å². The van der Waals surface area contributed by atoms with Crippen molar-refractivity contribution < 1.29 is 0 Å². The number of pyridine rings is 3. The SMILES string of the molecule is CC1(C)N=C(c2ccccc2)N(c2cncc(-c3cc(-c4cncc(N5C(c6ccccc6)=NC(C)(C)C5(C)C)c4)nc(-c4cncc(N5C(c6ccccc6)=NC(C)(C)C5(C)C)c4)n3)c2)C1(C)C. The molecule has 0 saturated carbocycles. The minimum Gasteiger partial charge on any atom is -0.317 e. The summed E-state index contributed by atoms with van der Waals surface area (Å²) in [5.41, 5.74) is 7.33. The lowest BCUT2D eigenvalue weighted by atomic mass is 9.83. The van der Waals surface area contributed by atoms with Crippen molar-refractivity contribution >= 4 is 34.6 Å². The largest absolute Gasteiger partial charge is 0.317 e. The molecule has 10 rings (SSSR count). The number of aromatic nitrogens is 5. The van der Waals surface area contributed by atoms with E-state index in [0.717, 1.165) is 67.9 Å². The summed E-state index contributed by atoms with van der Waals surface area (Å²) >= 11 is 0. The topological polar surface area (TPSA) is 111 Å². The quantitative estimate of drug-likeness (QED) is 0.141. The molecule has 4 aromatic heterocycles. The summed E-state index contributed by atoms with van der Waals surface area (Å²) < 4.78 is 0. The Morgan fingerprint density at radius 2 is 0.609 bits per heavy atom. The van der Waals surface area contributed by atoms with Crippen molar-refractivity contribution in [2.75, 3.05) is 14.7 Å². The Morgan fingerprint density at radius 3 is 0.928 bits per heavy atom. The maximum atomic E-state index is 5.37. The number of hydrogen-bond donors (Lipinski definition) is 0. The van der Waals surface area contributed by atoms with Gasteiger partial charge >= 0.3 is 0 Å². The standard InChI is InChI=1S/C58H61N11/c1-53(2)56(7,8)67(50(64-53)38-22-16-13-17-23-38)44-28-41(32-59-35-44)47-31-48(42-29-45(36-60-33-42)68-51(39-24-18-14-19-25-39)65-54(3,4)57(68,9)10)63-49(62-47)43-30-46(37-61-34-43)69-52(40-26-20-15-21-27-40)66-55(5,6)58(69,11)12/h13-37H,1-12H3. The van der Waals surface area contributed by atoms with Gasteiger partial charge in [0.2, 0.25) is 0 Å². The van der Waals surface area contributed by atoms with Crippen LogP contribution in [0.15, 0.2) is 167 Å². The predicted octanol–water partition coefficient (Wildman–Crippen LogP) is 12.1. The predicted molar refractivity (Wildman–Crippen MR) is 283 cm³/mol. The van der Waals surface area contributed by atoms with E-state index in [1.54, 1.807) is 0 Å². The molecule has 69 heavy (non-hydrogen) atoms. The second-order valence-corrected chi connectivity index (χ2v) is 21.5. The number of amidine groups is 3. The van der Waals surface area contributed by atoms with Crippen LogP contribution in [0.1, 0.15) is 99.8 Å². The first kappa shape index (κ1) is 45.4. The van der Waals surface area contributed by atoms with Gasteiger partial charge < -0.3 is 14.7 Å². The van der Waals surface area contributed by atoms with Crippen LogP contribution in [-0.4, -0.2) is 75.7 Å². The fourth-order valence-corrected chi connectivity index (χ4v) is 9.57. The first-order valence-corrected chi connectivity index (χ1v) is 23.8. The van der Waals surface area contributed by atoms with E-state index in [9.17, 15) is 0 Å². The molecular weight excluding hydrogens is 851 g/mol. The summed E-state index contributed by atoms with van der Waals surface area (Å²) in [7, 11) is 0. The lowest BCUT2D eigenvalue weighted by Crippen LogP contribution is -2.53. The first-order chi connectivity index (χ1) is 32.7. The van der Waals surface area contributed by atoms with Gasteiger partial charge in [0, 0.05) is 52.0 Å². The molecule has 0 fully saturated rings.